The van der Waals surface area contributed by atoms with E-state index < -0.39 is 6.10 Å². The van der Waals surface area contributed by atoms with E-state index in [1.165, 1.54) is 44.9 Å². The van der Waals surface area contributed by atoms with E-state index in [0.29, 0.717) is 19.3 Å². The molecule has 0 heterocycles. The summed E-state index contributed by atoms with van der Waals surface area (Å²) in [6.45, 7) is 6.28. The van der Waals surface area contributed by atoms with Crippen molar-refractivity contribution < 1.29 is 28.6 Å². The van der Waals surface area contributed by atoms with Crippen molar-refractivity contribution in [3.8, 4) is 0 Å². The lowest BCUT2D eigenvalue weighted by atomic mass is 10.1. The molecule has 0 fully saturated rings. The van der Waals surface area contributed by atoms with Crippen LogP contribution in [0, 0.1) is 0 Å². The first-order valence-electron chi connectivity index (χ1n) is 26.7. The van der Waals surface area contributed by atoms with E-state index in [9.17, 15) is 14.4 Å². The molecule has 0 aromatic carbocycles. The lowest BCUT2D eigenvalue weighted by Gasteiger charge is -2.18. The fourth-order valence-corrected chi connectivity index (χ4v) is 6.67. The minimum atomic E-state index is -0.837. The number of ether oxygens (including phenoxy) is 3. The first-order chi connectivity index (χ1) is 33.0. The molecular formula is C61H96O6. The number of hydrogen-bond acceptors (Lipinski definition) is 6. The zero-order valence-corrected chi connectivity index (χ0v) is 42.9. The summed E-state index contributed by atoms with van der Waals surface area (Å²) in [5.74, 6) is -1.05. The molecule has 0 aliphatic heterocycles. The Kier molecular flexibility index (Phi) is 50.6. The molecule has 0 bridgehead atoms. The molecule has 0 aliphatic carbocycles. The predicted molar refractivity (Wildman–Crippen MR) is 288 cm³/mol. The van der Waals surface area contributed by atoms with Gasteiger partial charge in [0.2, 0.25) is 0 Å². The number of hydrogen-bond donors (Lipinski definition) is 0. The Hall–Kier alpha value is -4.45. The fourth-order valence-electron chi connectivity index (χ4n) is 6.67. The van der Waals surface area contributed by atoms with Gasteiger partial charge >= 0.3 is 17.9 Å². The van der Waals surface area contributed by atoms with Crippen molar-refractivity contribution in [2.24, 2.45) is 0 Å². The maximum Gasteiger partial charge on any atom is 0.306 e. The number of unbranched alkanes of at least 4 members (excludes halogenated alkanes) is 13. The number of allylic oxidation sites excluding steroid dienone is 22. The Morgan fingerprint density at radius 3 is 0.985 bits per heavy atom. The normalized spacial score (nSPS) is 13.2. The highest BCUT2D eigenvalue weighted by molar-refractivity contribution is 5.71. The highest BCUT2D eigenvalue weighted by Crippen LogP contribution is 2.11. The van der Waals surface area contributed by atoms with Crippen LogP contribution < -0.4 is 0 Å². The quantitative estimate of drug-likeness (QED) is 0.0262. The number of rotatable bonds is 46. The van der Waals surface area contributed by atoms with Crippen LogP contribution in [0.3, 0.4) is 0 Å². The van der Waals surface area contributed by atoms with Crippen LogP contribution in [0.5, 0.6) is 0 Å². The molecule has 0 spiro atoms. The Balaban J connectivity index is 4.60. The van der Waals surface area contributed by atoms with Crippen molar-refractivity contribution in [1.29, 1.82) is 0 Å². The van der Waals surface area contributed by atoms with E-state index in [1.807, 2.05) is 0 Å². The minimum absolute atomic E-state index is 0.129. The minimum Gasteiger partial charge on any atom is -0.462 e. The molecule has 0 N–H and O–H groups in total. The second-order valence-electron chi connectivity index (χ2n) is 17.0. The second kappa shape index (κ2) is 54.2. The molecule has 0 radical (unpaired) electrons. The van der Waals surface area contributed by atoms with Gasteiger partial charge in [0.1, 0.15) is 13.2 Å². The van der Waals surface area contributed by atoms with Gasteiger partial charge in [-0.3, -0.25) is 14.4 Å². The molecule has 6 nitrogen and oxygen atoms in total. The summed E-state index contributed by atoms with van der Waals surface area (Å²) in [6, 6.07) is 0. The summed E-state index contributed by atoms with van der Waals surface area (Å²) in [5, 5.41) is 0. The van der Waals surface area contributed by atoms with Crippen LogP contribution in [0.15, 0.2) is 134 Å². The van der Waals surface area contributed by atoms with Gasteiger partial charge in [-0.1, -0.05) is 199 Å². The maximum absolute atomic E-state index is 12.8. The average molecular weight is 925 g/mol. The van der Waals surface area contributed by atoms with Gasteiger partial charge in [-0.15, -0.1) is 0 Å². The highest BCUT2D eigenvalue weighted by Gasteiger charge is 2.19. The van der Waals surface area contributed by atoms with Gasteiger partial charge in [0.25, 0.3) is 0 Å². The van der Waals surface area contributed by atoms with Gasteiger partial charge in [0.05, 0.1) is 0 Å². The molecule has 67 heavy (non-hydrogen) atoms. The number of esters is 3. The summed E-state index contributed by atoms with van der Waals surface area (Å²) in [5.41, 5.74) is 0. The molecule has 0 aliphatic rings. The van der Waals surface area contributed by atoms with Crippen LogP contribution in [-0.4, -0.2) is 37.2 Å². The molecule has 6 heteroatoms. The monoisotopic (exact) mass is 925 g/mol. The van der Waals surface area contributed by atoms with E-state index in [1.54, 1.807) is 0 Å². The van der Waals surface area contributed by atoms with Crippen LogP contribution in [0.25, 0.3) is 0 Å². The largest absolute Gasteiger partial charge is 0.462 e. The van der Waals surface area contributed by atoms with Gasteiger partial charge in [0, 0.05) is 19.3 Å². The molecular weight excluding hydrogens is 829 g/mol. The van der Waals surface area contributed by atoms with Crippen LogP contribution in [0.1, 0.15) is 213 Å². The fraction of sp³-hybridized carbons (Fsp3) is 0.590. The van der Waals surface area contributed by atoms with Gasteiger partial charge in [-0.05, 0) is 128 Å². The van der Waals surface area contributed by atoms with E-state index in [0.717, 1.165) is 116 Å². The summed E-state index contributed by atoms with van der Waals surface area (Å²) in [4.78, 5) is 38.0. The third-order valence-corrected chi connectivity index (χ3v) is 10.6. The summed E-state index contributed by atoms with van der Waals surface area (Å²) in [6.07, 6.45) is 75.9. The molecule has 376 valence electrons. The highest BCUT2D eigenvalue weighted by atomic mass is 16.6. The lowest BCUT2D eigenvalue weighted by molar-refractivity contribution is -0.167. The lowest BCUT2D eigenvalue weighted by Crippen LogP contribution is -2.30. The van der Waals surface area contributed by atoms with Crippen molar-refractivity contribution in [2.75, 3.05) is 13.2 Å². The van der Waals surface area contributed by atoms with Crippen LogP contribution in [-0.2, 0) is 28.6 Å². The van der Waals surface area contributed by atoms with Crippen molar-refractivity contribution in [3.63, 3.8) is 0 Å². The Bertz CT molecular complexity index is 1480. The Morgan fingerprint density at radius 1 is 0.313 bits per heavy atom. The van der Waals surface area contributed by atoms with Crippen LogP contribution in [0.2, 0.25) is 0 Å². The third kappa shape index (κ3) is 52.4. The van der Waals surface area contributed by atoms with Crippen molar-refractivity contribution in [2.45, 2.75) is 219 Å². The Morgan fingerprint density at radius 2 is 0.597 bits per heavy atom. The van der Waals surface area contributed by atoms with Gasteiger partial charge in [0.15, 0.2) is 6.10 Å². The van der Waals surface area contributed by atoms with E-state index in [2.05, 4.69) is 154 Å². The van der Waals surface area contributed by atoms with E-state index in [4.69, 9.17) is 14.2 Å². The zero-order valence-electron chi connectivity index (χ0n) is 42.9. The van der Waals surface area contributed by atoms with Crippen molar-refractivity contribution in [3.05, 3.63) is 134 Å². The number of carbonyl (C=O) groups excluding carboxylic acids is 3. The summed E-state index contributed by atoms with van der Waals surface area (Å²) in [7, 11) is 0. The van der Waals surface area contributed by atoms with Crippen LogP contribution >= 0.6 is 0 Å². The second-order valence-corrected chi connectivity index (χ2v) is 17.0. The predicted octanol–water partition coefficient (Wildman–Crippen LogP) is 17.9. The standard InChI is InChI=1S/C61H96O6/c1-4-7-10-13-16-19-22-25-28-30-33-36-39-42-45-48-51-54-60(63)66-57-58(56-65-59(62)53-50-47-44-41-38-35-32-27-24-21-18-15-12-9-6-3)67-61(64)55-52-49-46-43-40-37-34-31-29-26-23-20-17-14-11-8-5-2/h7,9-10,12,16,18-19,21,25-29,32-34,36-38,41,43,46,58H,4-6,8,11,13-15,17,20,22-24,30-31,35,39-40,42,44-45,47-57H2,1-3H3/b10-7-,12-9-,19-16-,21-18-,28-25-,29-26-,32-27-,36-33-,37-34-,41-38-,46-43-/t58-/m0/s1. The van der Waals surface area contributed by atoms with E-state index in [-0.39, 0.29) is 44.0 Å². The smallest absolute Gasteiger partial charge is 0.306 e. The summed E-state index contributed by atoms with van der Waals surface area (Å²) >= 11 is 0. The molecule has 0 rings (SSSR count). The maximum atomic E-state index is 12.8. The SMILES string of the molecule is CC/C=C\C/C=C\C/C=C\C/C=C\CCCCCCC(=O)OC[C@H](COC(=O)CCCC/C=C\C/C=C\C/C=C\C/C=C\CC)OC(=O)CCC/C=C\C/C=C\C/C=C\CCCCCCCC. The molecule has 0 aromatic rings. The van der Waals surface area contributed by atoms with Gasteiger partial charge in [-0.2, -0.15) is 0 Å². The van der Waals surface area contributed by atoms with Gasteiger partial charge in [-0.25, -0.2) is 0 Å². The molecule has 0 saturated carbocycles. The molecule has 0 aromatic heterocycles. The zero-order chi connectivity index (χ0) is 48.6. The molecule has 0 unspecified atom stereocenters. The summed E-state index contributed by atoms with van der Waals surface area (Å²) < 4.78 is 16.7. The Labute approximate surface area is 411 Å². The topological polar surface area (TPSA) is 78.9 Å². The average Bonchev–Trinajstić information content (AvgIpc) is 3.33. The molecule has 1 atom stereocenters. The van der Waals surface area contributed by atoms with Crippen LogP contribution in [0.4, 0.5) is 0 Å². The van der Waals surface area contributed by atoms with Crippen molar-refractivity contribution in [1.82, 2.24) is 0 Å². The molecule has 0 amide bonds. The van der Waals surface area contributed by atoms with E-state index >= 15 is 0 Å². The first-order valence-corrected chi connectivity index (χ1v) is 26.7. The van der Waals surface area contributed by atoms with Gasteiger partial charge < -0.3 is 14.2 Å². The molecule has 0 saturated heterocycles. The van der Waals surface area contributed by atoms with Crippen molar-refractivity contribution >= 4 is 17.9 Å². The third-order valence-electron chi connectivity index (χ3n) is 10.6. The first kappa shape index (κ1) is 62.5. The number of carbonyl (C=O) groups is 3.